The maximum atomic E-state index is 13.3. The van der Waals surface area contributed by atoms with Gasteiger partial charge in [0.15, 0.2) is 0 Å². The van der Waals surface area contributed by atoms with Gasteiger partial charge in [-0.05, 0) is 37.3 Å². The molecule has 0 spiro atoms. The van der Waals surface area contributed by atoms with E-state index in [-0.39, 0.29) is 11.8 Å². The number of methoxy groups -OCH3 is 1. The standard InChI is InChI=1S/C15H15ClFNO2/c1-9(12-7-10(17)3-6-15(12)19)18-14-8-11(20-2)4-5-13(14)16/h3-9,18-19H,1-2H3. The molecule has 2 N–H and O–H groups in total. The zero-order valence-electron chi connectivity index (χ0n) is 11.2. The van der Waals surface area contributed by atoms with E-state index in [0.29, 0.717) is 22.0 Å². The van der Waals surface area contributed by atoms with Crippen molar-refractivity contribution in [2.75, 3.05) is 12.4 Å². The summed E-state index contributed by atoms with van der Waals surface area (Å²) in [5.74, 6) is 0.293. The Labute approximate surface area is 122 Å². The van der Waals surface area contributed by atoms with Crippen LogP contribution in [0.4, 0.5) is 10.1 Å². The fraction of sp³-hybridized carbons (Fsp3) is 0.200. The average Bonchev–Trinajstić information content (AvgIpc) is 2.43. The van der Waals surface area contributed by atoms with Crippen molar-refractivity contribution >= 4 is 17.3 Å². The van der Waals surface area contributed by atoms with Crippen LogP contribution in [0.1, 0.15) is 18.5 Å². The van der Waals surface area contributed by atoms with Gasteiger partial charge in [-0.15, -0.1) is 0 Å². The first-order chi connectivity index (χ1) is 9.51. The van der Waals surface area contributed by atoms with Crippen molar-refractivity contribution in [2.24, 2.45) is 0 Å². The third-order valence-electron chi connectivity index (χ3n) is 3.00. The Hall–Kier alpha value is -1.94. The van der Waals surface area contributed by atoms with Gasteiger partial charge in [0, 0.05) is 11.6 Å². The third-order valence-corrected chi connectivity index (χ3v) is 3.33. The highest BCUT2D eigenvalue weighted by molar-refractivity contribution is 6.33. The van der Waals surface area contributed by atoms with E-state index < -0.39 is 5.82 Å². The van der Waals surface area contributed by atoms with Gasteiger partial charge in [0.2, 0.25) is 0 Å². The molecule has 0 heterocycles. The SMILES string of the molecule is COc1ccc(Cl)c(NC(C)c2cc(F)ccc2O)c1. The van der Waals surface area contributed by atoms with Gasteiger partial charge in [0.05, 0.1) is 23.9 Å². The molecule has 5 heteroatoms. The van der Waals surface area contributed by atoms with Crippen molar-refractivity contribution < 1.29 is 14.2 Å². The van der Waals surface area contributed by atoms with E-state index >= 15 is 0 Å². The quantitative estimate of drug-likeness (QED) is 0.880. The van der Waals surface area contributed by atoms with Gasteiger partial charge < -0.3 is 15.2 Å². The fourth-order valence-corrected chi connectivity index (χ4v) is 2.10. The Morgan fingerprint density at radius 2 is 2.00 bits per heavy atom. The number of phenolic OH excluding ortho intramolecular Hbond substituents is 1. The molecule has 0 amide bonds. The summed E-state index contributed by atoms with van der Waals surface area (Å²) < 4.78 is 18.4. The number of anilines is 1. The van der Waals surface area contributed by atoms with E-state index in [4.69, 9.17) is 16.3 Å². The van der Waals surface area contributed by atoms with Crippen LogP contribution in [-0.2, 0) is 0 Å². The molecule has 1 unspecified atom stereocenters. The highest BCUT2D eigenvalue weighted by Gasteiger charge is 2.13. The molecule has 2 aromatic carbocycles. The monoisotopic (exact) mass is 295 g/mol. The smallest absolute Gasteiger partial charge is 0.123 e. The highest BCUT2D eigenvalue weighted by atomic mass is 35.5. The molecule has 0 radical (unpaired) electrons. The van der Waals surface area contributed by atoms with E-state index in [9.17, 15) is 9.50 Å². The average molecular weight is 296 g/mol. The summed E-state index contributed by atoms with van der Waals surface area (Å²) in [6.45, 7) is 1.81. The molecule has 0 bridgehead atoms. The molecular weight excluding hydrogens is 281 g/mol. The Bertz CT molecular complexity index is 619. The Balaban J connectivity index is 2.27. The van der Waals surface area contributed by atoms with Gasteiger partial charge in [0.1, 0.15) is 17.3 Å². The second-order valence-corrected chi connectivity index (χ2v) is 4.82. The van der Waals surface area contributed by atoms with Crippen LogP contribution in [0.15, 0.2) is 36.4 Å². The van der Waals surface area contributed by atoms with E-state index in [0.717, 1.165) is 0 Å². The summed E-state index contributed by atoms with van der Waals surface area (Å²) in [5.41, 5.74) is 1.12. The first-order valence-electron chi connectivity index (χ1n) is 6.09. The molecular formula is C15H15ClFNO2. The zero-order valence-corrected chi connectivity index (χ0v) is 11.9. The molecule has 0 saturated carbocycles. The lowest BCUT2D eigenvalue weighted by atomic mass is 10.1. The van der Waals surface area contributed by atoms with Crippen LogP contribution in [0.3, 0.4) is 0 Å². The van der Waals surface area contributed by atoms with Gasteiger partial charge in [-0.1, -0.05) is 11.6 Å². The van der Waals surface area contributed by atoms with Crippen LogP contribution >= 0.6 is 11.6 Å². The van der Waals surface area contributed by atoms with Crippen LogP contribution in [0.5, 0.6) is 11.5 Å². The number of aromatic hydroxyl groups is 1. The molecule has 20 heavy (non-hydrogen) atoms. The number of ether oxygens (including phenoxy) is 1. The van der Waals surface area contributed by atoms with Gasteiger partial charge >= 0.3 is 0 Å². The van der Waals surface area contributed by atoms with Crippen molar-refractivity contribution in [3.63, 3.8) is 0 Å². The van der Waals surface area contributed by atoms with Crippen molar-refractivity contribution in [2.45, 2.75) is 13.0 Å². The van der Waals surface area contributed by atoms with Crippen LogP contribution < -0.4 is 10.1 Å². The topological polar surface area (TPSA) is 41.5 Å². The minimum Gasteiger partial charge on any atom is -0.508 e. The number of hydrogen-bond donors (Lipinski definition) is 2. The summed E-state index contributed by atoms with van der Waals surface area (Å²) in [6.07, 6.45) is 0. The molecule has 0 aliphatic heterocycles. The summed E-state index contributed by atoms with van der Waals surface area (Å²) in [7, 11) is 1.56. The van der Waals surface area contributed by atoms with Gasteiger partial charge in [-0.3, -0.25) is 0 Å². The van der Waals surface area contributed by atoms with Crippen molar-refractivity contribution in [1.29, 1.82) is 0 Å². The number of hydrogen-bond acceptors (Lipinski definition) is 3. The summed E-state index contributed by atoms with van der Waals surface area (Å²) in [4.78, 5) is 0. The first-order valence-corrected chi connectivity index (χ1v) is 6.47. The second-order valence-electron chi connectivity index (χ2n) is 4.41. The zero-order chi connectivity index (χ0) is 14.7. The molecule has 2 rings (SSSR count). The lowest BCUT2D eigenvalue weighted by molar-refractivity contribution is 0.415. The number of rotatable bonds is 4. The van der Waals surface area contributed by atoms with Crippen LogP contribution in [0.25, 0.3) is 0 Å². The van der Waals surface area contributed by atoms with Crippen molar-refractivity contribution in [3.8, 4) is 11.5 Å². The largest absolute Gasteiger partial charge is 0.508 e. The molecule has 0 saturated heterocycles. The number of halogens is 2. The summed E-state index contributed by atoms with van der Waals surface area (Å²) >= 11 is 6.10. The number of phenols is 1. The molecule has 3 nitrogen and oxygen atoms in total. The minimum absolute atomic E-state index is 0.0328. The van der Waals surface area contributed by atoms with Gasteiger partial charge in [-0.2, -0.15) is 0 Å². The molecule has 106 valence electrons. The maximum absolute atomic E-state index is 13.3. The fourth-order valence-electron chi connectivity index (χ4n) is 1.93. The van der Waals surface area contributed by atoms with E-state index in [2.05, 4.69) is 5.32 Å². The molecule has 2 aromatic rings. The molecule has 0 aromatic heterocycles. The molecule has 1 atom stereocenters. The van der Waals surface area contributed by atoms with Gasteiger partial charge in [0.25, 0.3) is 0 Å². The van der Waals surface area contributed by atoms with Crippen LogP contribution in [-0.4, -0.2) is 12.2 Å². The summed E-state index contributed by atoms with van der Waals surface area (Å²) in [6, 6.07) is 8.73. The second kappa shape index (κ2) is 6.01. The van der Waals surface area contributed by atoms with Crippen LogP contribution in [0, 0.1) is 5.82 Å². The Morgan fingerprint density at radius 1 is 1.25 bits per heavy atom. The molecule has 0 aliphatic rings. The lowest BCUT2D eigenvalue weighted by Gasteiger charge is -2.18. The Morgan fingerprint density at radius 3 is 2.70 bits per heavy atom. The normalized spacial score (nSPS) is 12.0. The Kier molecular flexibility index (Phi) is 4.35. The van der Waals surface area contributed by atoms with E-state index in [1.807, 2.05) is 6.92 Å². The number of benzene rings is 2. The van der Waals surface area contributed by atoms with E-state index in [1.54, 1.807) is 25.3 Å². The van der Waals surface area contributed by atoms with E-state index in [1.165, 1.54) is 18.2 Å². The van der Waals surface area contributed by atoms with Gasteiger partial charge in [-0.25, -0.2) is 4.39 Å². The predicted molar refractivity (Wildman–Crippen MR) is 78.1 cm³/mol. The summed E-state index contributed by atoms with van der Waals surface area (Å²) in [5, 5.41) is 13.4. The minimum atomic E-state index is -0.400. The third kappa shape index (κ3) is 3.14. The first kappa shape index (κ1) is 14.5. The lowest BCUT2D eigenvalue weighted by Crippen LogP contribution is -2.07. The molecule has 0 fully saturated rings. The highest BCUT2D eigenvalue weighted by Crippen LogP contribution is 2.32. The maximum Gasteiger partial charge on any atom is 0.123 e. The predicted octanol–water partition coefficient (Wildman–Crippen LogP) is 4.37. The molecule has 0 aliphatic carbocycles. The van der Waals surface area contributed by atoms with Crippen LogP contribution in [0.2, 0.25) is 5.02 Å². The number of nitrogens with one attached hydrogen (secondary N) is 1. The van der Waals surface area contributed by atoms with Crippen molar-refractivity contribution in [3.05, 3.63) is 52.8 Å². The van der Waals surface area contributed by atoms with Crippen molar-refractivity contribution in [1.82, 2.24) is 0 Å².